The Kier molecular flexibility index (Phi) is 21.5. The van der Waals surface area contributed by atoms with E-state index in [0.717, 1.165) is 0 Å². The SMILES string of the molecule is NC(N)=NCCC[C@H](N)C(=O)Nc1ccc2c(c1)OCCOCCOCCOc1ccc(NC(=O)[C@@H](N)CCCN=C(N)N)cc1OCCOCCOCCO2. The van der Waals surface area contributed by atoms with Gasteiger partial charge in [0.05, 0.1) is 64.9 Å². The summed E-state index contributed by atoms with van der Waals surface area (Å²) in [6.07, 6.45) is 1.91. The number of hydrogen-bond acceptors (Lipinski definition) is 14. The van der Waals surface area contributed by atoms with Gasteiger partial charge in [-0.1, -0.05) is 0 Å². The molecule has 3 rings (SSSR count). The summed E-state index contributed by atoms with van der Waals surface area (Å²) < 4.78 is 46.5. The topological polar surface area (TPSA) is 313 Å². The highest BCUT2D eigenvalue weighted by Crippen LogP contribution is 2.32. The number of ether oxygens (including phenoxy) is 8. The van der Waals surface area contributed by atoms with Gasteiger partial charge in [-0.25, -0.2) is 0 Å². The summed E-state index contributed by atoms with van der Waals surface area (Å²) in [5, 5.41) is 5.63. The molecular weight excluding hydrogens is 732 g/mol. The number of guanidine groups is 2. The van der Waals surface area contributed by atoms with Gasteiger partial charge in [0.15, 0.2) is 34.9 Å². The Morgan fingerprint density at radius 2 is 0.839 bits per heavy atom. The highest BCUT2D eigenvalue weighted by molar-refractivity contribution is 5.95. The Morgan fingerprint density at radius 3 is 1.18 bits per heavy atom. The van der Waals surface area contributed by atoms with Crippen molar-refractivity contribution in [3.05, 3.63) is 36.4 Å². The summed E-state index contributed by atoms with van der Waals surface area (Å²) in [4.78, 5) is 33.2. The molecule has 0 saturated heterocycles. The van der Waals surface area contributed by atoms with E-state index in [1.165, 1.54) is 0 Å². The number of nitrogens with one attached hydrogen (secondary N) is 2. The summed E-state index contributed by atoms with van der Waals surface area (Å²) in [6.45, 7) is 4.04. The van der Waals surface area contributed by atoms with Crippen molar-refractivity contribution >= 4 is 35.1 Å². The van der Waals surface area contributed by atoms with Gasteiger partial charge in [0, 0.05) is 36.6 Å². The molecular formula is C36H58N10O10. The van der Waals surface area contributed by atoms with Crippen LogP contribution < -0.4 is 64.0 Å². The molecule has 14 N–H and O–H groups in total. The maximum atomic E-state index is 12.7. The van der Waals surface area contributed by atoms with Gasteiger partial charge in [0.25, 0.3) is 0 Å². The fourth-order valence-electron chi connectivity index (χ4n) is 4.89. The second-order valence-corrected chi connectivity index (χ2v) is 12.3. The average Bonchev–Trinajstić information content (AvgIpc) is 3.17. The van der Waals surface area contributed by atoms with Crippen molar-refractivity contribution in [2.24, 2.45) is 44.4 Å². The second-order valence-electron chi connectivity index (χ2n) is 12.3. The summed E-state index contributed by atoms with van der Waals surface area (Å²) in [5.41, 5.74) is 34.5. The van der Waals surface area contributed by atoms with E-state index in [9.17, 15) is 9.59 Å². The molecule has 20 nitrogen and oxygen atoms in total. The Balaban J connectivity index is 1.52. The molecule has 1 aliphatic rings. The number of anilines is 2. The maximum absolute atomic E-state index is 12.7. The number of carbonyl (C=O) groups is 2. The predicted molar refractivity (Wildman–Crippen MR) is 211 cm³/mol. The lowest BCUT2D eigenvalue weighted by atomic mass is 10.1. The largest absolute Gasteiger partial charge is 0.487 e. The van der Waals surface area contributed by atoms with Crippen LogP contribution in [0.5, 0.6) is 23.0 Å². The molecule has 0 radical (unpaired) electrons. The molecule has 1 aliphatic heterocycles. The van der Waals surface area contributed by atoms with Gasteiger partial charge < -0.3 is 82.9 Å². The van der Waals surface area contributed by atoms with Crippen LogP contribution in [0.1, 0.15) is 25.7 Å². The van der Waals surface area contributed by atoms with Crippen LogP contribution in [0.25, 0.3) is 0 Å². The molecule has 312 valence electrons. The molecule has 0 saturated carbocycles. The van der Waals surface area contributed by atoms with E-state index in [1.807, 2.05) is 0 Å². The van der Waals surface area contributed by atoms with Crippen molar-refractivity contribution < 1.29 is 47.5 Å². The van der Waals surface area contributed by atoms with E-state index < -0.39 is 12.1 Å². The number of amides is 2. The van der Waals surface area contributed by atoms with E-state index in [2.05, 4.69) is 20.6 Å². The molecule has 2 amide bonds. The van der Waals surface area contributed by atoms with Crippen LogP contribution in [-0.4, -0.2) is 128 Å². The van der Waals surface area contributed by atoms with Crippen LogP contribution in [0.2, 0.25) is 0 Å². The third kappa shape index (κ3) is 19.0. The zero-order valence-electron chi connectivity index (χ0n) is 31.8. The Bertz CT molecular complexity index is 1410. The van der Waals surface area contributed by atoms with Gasteiger partial charge >= 0.3 is 0 Å². The van der Waals surface area contributed by atoms with Gasteiger partial charge in [-0.05, 0) is 49.9 Å². The van der Waals surface area contributed by atoms with Crippen molar-refractivity contribution in [1.29, 1.82) is 0 Å². The summed E-state index contributed by atoms with van der Waals surface area (Å²) in [7, 11) is 0. The normalized spacial score (nSPS) is 16.2. The van der Waals surface area contributed by atoms with Gasteiger partial charge in [-0.3, -0.25) is 19.6 Å². The third-order valence-electron chi connectivity index (χ3n) is 7.72. The molecule has 0 bridgehead atoms. The van der Waals surface area contributed by atoms with E-state index in [1.54, 1.807) is 36.4 Å². The number of aliphatic imine (C=N–C) groups is 2. The minimum atomic E-state index is -0.751. The maximum Gasteiger partial charge on any atom is 0.241 e. The number of nitrogens with zero attached hydrogens (tertiary/aromatic N) is 2. The zero-order chi connectivity index (χ0) is 40.4. The number of benzene rings is 2. The first-order chi connectivity index (χ1) is 27.1. The lowest BCUT2D eigenvalue weighted by molar-refractivity contribution is -0.118. The van der Waals surface area contributed by atoms with Gasteiger partial charge in [-0.2, -0.15) is 0 Å². The minimum Gasteiger partial charge on any atom is -0.487 e. The molecule has 0 fully saturated rings. The molecule has 0 aromatic heterocycles. The van der Waals surface area contributed by atoms with E-state index in [4.69, 9.17) is 72.3 Å². The predicted octanol–water partition coefficient (Wildman–Crippen LogP) is -0.379. The van der Waals surface area contributed by atoms with Gasteiger partial charge in [0.1, 0.15) is 26.4 Å². The van der Waals surface area contributed by atoms with Crippen LogP contribution in [0.15, 0.2) is 46.4 Å². The third-order valence-corrected chi connectivity index (χ3v) is 7.72. The van der Waals surface area contributed by atoms with Crippen LogP contribution in [0.3, 0.4) is 0 Å². The lowest BCUT2D eigenvalue weighted by Crippen LogP contribution is -2.35. The highest BCUT2D eigenvalue weighted by atomic mass is 16.6. The average molecular weight is 791 g/mol. The van der Waals surface area contributed by atoms with Crippen molar-refractivity contribution in [3.8, 4) is 23.0 Å². The van der Waals surface area contributed by atoms with Gasteiger partial charge in [0.2, 0.25) is 11.8 Å². The molecule has 2 aromatic rings. The quantitative estimate of drug-likeness (QED) is 0.0772. The van der Waals surface area contributed by atoms with Crippen molar-refractivity contribution in [2.75, 3.05) is 103 Å². The Hall–Kier alpha value is -5.12. The smallest absolute Gasteiger partial charge is 0.241 e. The van der Waals surface area contributed by atoms with Crippen LogP contribution in [0.4, 0.5) is 11.4 Å². The lowest BCUT2D eigenvalue weighted by Gasteiger charge is -2.17. The molecule has 1 heterocycles. The summed E-state index contributed by atoms with van der Waals surface area (Å²) >= 11 is 0. The van der Waals surface area contributed by atoms with Crippen molar-refractivity contribution in [2.45, 2.75) is 37.8 Å². The summed E-state index contributed by atoms with van der Waals surface area (Å²) in [5.74, 6) is 1.02. The first-order valence-corrected chi connectivity index (χ1v) is 18.5. The molecule has 0 aliphatic carbocycles. The fourth-order valence-corrected chi connectivity index (χ4v) is 4.89. The Morgan fingerprint density at radius 1 is 0.518 bits per heavy atom. The first-order valence-electron chi connectivity index (χ1n) is 18.5. The fraction of sp³-hybridized carbons (Fsp3) is 0.556. The molecule has 56 heavy (non-hydrogen) atoms. The number of nitrogens with two attached hydrogens (primary N) is 6. The summed E-state index contributed by atoms with van der Waals surface area (Å²) in [6, 6.07) is 8.60. The number of hydrogen-bond donors (Lipinski definition) is 8. The Labute approximate surface area is 326 Å². The number of rotatable bonds is 12. The molecule has 0 spiro atoms. The van der Waals surface area contributed by atoms with Crippen LogP contribution >= 0.6 is 0 Å². The minimum absolute atomic E-state index is 0.00897. The highest BCUT2D eigenvalue weighted by Gasteiger charge is 2.17. The van der Waals surface area contributed by atoms with Crippen molar-refractivity contribution in [1.82, 2.24) is 0 Å². The zero-order valence-corrected chi connectivity index (χ0v) is 31.8. The van der Waals surface area contributed by atoms with E-state index in [0.29, 0.717) is 99.6 Å². The van der Waals surface area contributed by atoms with Crippen molar-refractivity contribution in [3.63, 3.8) is 0 Å². The monoisotopic (exact) mass is 790 g/mol. The van der Waals surface area contributed by atoms with E-state index >= 15 is 0 Å². The van der Waals surface area contributed by atoms with Crippen LogP contribution in [0, 0.1) is 0 Å². The molecule has 2 aromatic carbocycles. The molecule has 2 atom stereocenters. The molecule has 20 heteroatoms. The number of fused-ring (bicyclic) bond motifs is 2. The van der Waals surface area contributed by atoms with Crippen LogP contribution in [-0.2, 0) is 28.5 Å². The number of carbonyl (C=O) groups excluding carboxylic acids is 2. The first kappa shape index (κ1) is 45.3. The van der Waals surface area contributed by atoms with E-state index in [-0.39, 0.29) is 76.6 Å². The van der Waals surface area contributed by atoms with Gasteiger partial charge in [-0.15, -0.1) is 0 Å². The second kappa shape index (κ2) is 26.6. The molecule has 0 unspecified atom stereocenters. The standard InChI is InChI=1S/C36H58N10O10/c37-27(3-1-9-43-35(39)40)33(47)45-25-5-7-29-31(23-25)55-21-17-51-13-11-50-16-20-54-30-8-6-26(46-34(48)28(38)4-2-10-44-36(41)42)24-32(30)56-22-18-52-14-12-49-15-19-53-29/h5-8,23-24,27-28H,1-4,9-22,37-38H2,(H,45,47)(H,46,48)(H4,39,40,43)(H4,41,42,44)/t27-,28-/m0/s1.